The number of phenols is 1. The second-order valence-electron chi connectivity index (χ2n) is 5.65. The Hall–Kier alpha value is -2.69. The second kappa shape index (κ2) is 10.7. The fourth-order valence-corrected chi connectivity index (χ4v) is 3.58. The molecule has 2 rings (SSSR count). The quantitative estimate of drug-likeness (QED) is 0.256. The van der Waals surface area contributed by atoms with Crippen LogP contribution in [-0.2, 0) is 9.53 Å². The third-order valence-electron chi connectivity index (χ3n) is 3.63. The predicted octanol–water partition coefficient (Wildman–Crippen LogP) is 3.98. The summed E-state index contributed by atoms with van der Waals surface area (Å²) >= 11 is 6.49. The zero-order valence-corrected chi connectivity index (χ0v) is 17.9. The van der Waals surface area contributed by atoms with Crippen LogP contribution in [0.25, 0.3) is 0 Å². The minimum Gasteiger partial charge on any atom is -0.506 e. The van der Waals surface area contributed by atoms with Crippen LogP contribution in [0, 0.1) is 0 Å². The largest absolute Gasteiger partial charge is 0.506 e. The molecule has 2 aromatic rings. The summed E-state index contributed by atoms with van der Waals surface area (Å²) in [5.74, 6) is -1.59. The predicted molar refractivity (Wildman–Crippen MR) is 110 cm³/mol. The third-order valence-corrected chi connectivity index (χ3v) is 4.70. The van der Waals surface area contributed by atoms with Crippen LogP contribution < -0.4 is 10.8 Å². The summed E-state index contributed by atoms with van der Waals surface area (Å²) in [6.45, 7) is 0. The zero-order chi connectivity index (χ0) is 21.4. The Morgan fingerprint density at radius 1 is 1.14 bits per heavy atom. The van der Waals surface area contributed by atoms with Gasteiger partial charge in [0.05, 0.1) is 4.47 Å². The van der Waals surface area contributed by atoms with E-state index in [0.717, 1.165) is 6.08 Å². The molecule has 4 N–H and O–H groups in total. The molecule has 0 saturated heterocycles. The minimum absolute atomic E-state index is 0.0170. The molecule has 0 aliphatic carbocycles. The Balaban J connectivity index is 2.21. The summed E-state index contributed by atoms with van der Waals surface area (Å²) in [5.41, 5.74) is 1.95. The number of hydrogen-bond donors (Lipinski definition) is 4. The number of halogens is 2. The molecule has 0 bridgehead atoms. The van der Waals surface area contributed by atoms with Gasteiger partial charge >= 0.3 is 6.09 Å². The average molecular weight is 528 g/mol. The fraction of sp³-hybridized carbons (Fsp3) is 0.105. The topological polar surface area (TPSA) is 125 Å². The molecule has 0 heterocycles. The normalized spacial score (nSPS) is 11.7. The second-order valence-corrected chi connectivity index (χ2v) is 7.42. The molecule has 10 heteroatoms. The zero-order valence-electron chi connectivity index (χ0n) is 14.8. The first-order valence-electron chi connectivity index (χ1n) is 8.17. The molecule has 0 saturated carbocycles. The first kappa shape index (κ1) is 22.6. The van der Waals surface area contributed by atoms with Crippen molar-refractivity contribution in [1.82, 2.24) is 10.8 Å². The van der Waals surface area contributed by atoms with Gasteiger partial charge in [0.1, 0.15) is 11.9 Å². The number of rotatable bonds is 6. The van der Waals surface area contributed by atoms with Crippen LogP contribution in [0.5, 0.6) is 5.75 Å². The van der Waals surface area contributed by atoms with Crippen LogP contribution in [0.1, 0.15) is 28.4 Å². The molecule has 0 spiro atoms. The van der Waals surface area contributed by atoms with Gasteiger partial charge in [0.15, 0.2) is 0 Å². The Bertz CT molecular complexity index is 934. The summed E-state index contributed by atoms with van der Waals surface area (Å²) in [4.78, 5) is 35.5. The molecule has 29 heavy (non-hydrogen) atoms. The van der Waals surface area contributed by atoms with Gasteiger partial charge < -0.3 is 9.84 Å². The highest BCUT2D eigenvalue weighted by atomic mass is 79.9. The summed E-state index contributed by atoms with van der Waals surface area (Å²) in [7, 11) is 0. The molecule has 3 amide bonds. The molecule has 8 nitrogen and oxygen atoms in total. The Labute approximate surface area is 182 Å². The van der Waals surface area contributed by atoms with Crippen molar-refractivity contribution in [2.75, 3.05) is 0 Å². The number of hydroxylamine groups is 1. The minimum atomic E-state index is -1.03. The number of aromatic hydroxyl groups is 1. The van der Waals surface area contributed by atoms with Crippen molar-refractivity contribution in [3.05, 3.63) is 74.7 Å². The molecular weight excluding hydrogens is 512 g/mol. The first-order chi connectivity index (χ1) is 13.8. The van der Waals surface area contributed by atoms with Crippen LogP contribution in [0.4, 0.5) is 4.79 Å². The van der Waals surface area contributed by atoms with Crippen LogP contribution in [0.15, 0.2) is 63.6 Å². The molecule has 0 radical (unpaired) electrons. The summed E-state index contributed by atoms with van der Waals surface area (Å²) < 4.78 is 6.27. The number of amides is 3. The lowest BCUT2D eigenvalue weighted by atomic mass is 10.0. The van der Waals surface area contributed by atoms with Crippen LogP contribution in [-0.4, -0.2) is 28.2 Å². The SMILES string of the molecule is O=C(/C=C/C[C@H](OC(=O)NC(=O)c1ccccc1)c1cc(Br)cc(Br)c1O)NO. The van der Waals surface area contributed by atoms with Crippen molar-refractivity contribution < 1.29 is 29.4 Å². The van der Waals surface area contributed by atoms with Crippen molar-refractivity contribution in [1.29, 1.82) is 0 Å². The lowest BCUT2D eigenvalue weighted by Gasteiger charge is -2.19. The van der Waals surface area contributed by atoms with Crippen molar-refractivity contribution in [2.24, 2.45) is 0 Å². The number of carbonyl (C=O) groups is 3. The number of carbonyl (C=O) groups excluding carboxylic acids is 3. The molecule has 0 aliphatic rings. The Morgan fingerprint density at radius 2 is 1.83 bits per heavy atom. The molecule has 1 atom stereocenters. The van der Waals surface area contributed by atoms with Gasteiger partial charge in [-0.1, -0.05) is 40.2 Å². The van der Waals surface area contributed by atoms with E-state index in [9.17, 15) is 19.5 Å². The molecule has 0 fully saturated rings. The standard InChI is InChI=1S/C19H16Br2N2O6/c20-12-9-13(17(25)14(21)10-12)15(7-4-8-16(24)23-28)29-19(27)22-18(26)11-5-2-1-3-6-11/h1-6,8-10,15,25,28H,7H2,(H,23,24)(H,22,26,27)/b8-4+/t15-/m0/s1. The third kappa shape index (κ3) is 6.70. The number of hydrogen-bond acceptors (Lipinski definition) is 6. The van der Waals surface area contributed by atoms with Crippen LogP contribution in [0.2, 0.25) is 0 Å². The molecular formula is C19H16Br2N2O6. The van der Waals surface area contributed by atoms with E-state index in [1.807, 2.05) is 0 Å². The maximum atomic E-state index is 12.2. The van der Waals surface area contributed by atoms with E-state index in [1.165, 1.54) is 29.8 Å². The number of benzene rings is 2. The van der Waals surface area contributed by atoms with Crippen LogP contribution in [0.3, 0.4) is 0 Å². The van der Waals surface area contributed by atoms with Gasteiger partial charge in [-0.25, -0.2) is 10.3 Å². The fourth-order valence-electron chi connectivity index (χ4n) is 2.32. The number of phenolic OH excluding ortho intramolecular Hbond substituents is 1. The van der Waals surface area contributed by atoms with E-state index < -0.39 is 24.0 Å². The number of nitrogens with one attached hydrogen (secondary N) is 2. The molecule has 0 aliphatic heterocycles. The Kier molecular flexibility index (Phi) is 8.37. The van der Waals surface area contributed by atoms with Crippen molar-refractivity contribution in [3.63, 3.8) is 0 Å². The first-order valence-corrected chi connectivity index (χ1v) is 9.76. The van der Waals surface area contributed by atoms with Crippen molar-refractivity contribution >= 4 is 49.8 Å². The van der Waals surface area contributed by atoms with Crippen molar-refractivity contribution in [3.8, 4) is 5.75 Å². The Morgan fingerprint density at radius 3 is 2.48 bits per heavy atom. The average Bonchev–Trinajstić information content (AvgIpc) is 2.70. The van der Waals surface area contributed by atoms with E-state index in [1.54, 1.807) is 24.3 Å². The molecule has 2 aromatic carbocycles. The maximum Gasteiger partial charge on any atom is 0.414 e. The lowest BCUT2D eigenvalue weighted by molar-refractivity contribution is -0.124. The number of alkyl carbamates (subject to hydrolysis) is 1. The highest BCUT2D eigenvalue weighted by molar-refractivity contribution is 9.11. The van der Waals surface area contributed by atoms with Gasteiger partial charge in [-0.15, -0.1) is 0 Å². The van der Waals surface area contributed by atoms with Crippen molar-refractivity contribution in [2.45, 2.75) is 12.5 Å². The van der Waals surface area contributed by atoms with E-state index in [2.05, 4.69) is 37.2 Å². The summed E-state index contributed by atoms with van der Waals surface area (Å²) in [5, 5.41) is 21.0. The van der Waals surface area contributed by atoms with Gasteiger partial charge in [-0.05, 0) is 40.2 Å². The summed E-state index contributed by atoms with van der Waals surface area (Å²) in [6, 6.07) is 11.2. The summed E-state index contributed by atoms with van der Waals surface area (Å²) in [6.07, 6.45) is 0.301. The highest BCUT2D eigenvalue weighted by Gasteiger charge is 2.22. The van der Waals surface area contributed by atoms with Gasteiger partial charge in [0.25, 0.3) is 11.8 Å². The molecule has 0 unspecified atom stereocenters. The van der Waals surface area contributed by atoms with Crippen LogP contribution >= 0.6 is 31.9 Å². The van der Waals surface area contributed by atoms with E-state index in [0.29, 0.717) is 8.95 Å². The van der Waals surface area contributed by atoms with Gasteiger partial charge in [-0.2, -0.15) is 0 Å². The van der Waals surface area contributed by atoms with Gasteiger partial charge in [0, 0.05) is 28.1 Å². The van der Waals surface area contributed by atoms with Gasteiger partial charge in [-0.3, -0.25) is 20.1 Å². The monoisotopic (exact) mass is 526 g/mol. The van der Waals surface area contributed by atoms with E-state index >= 15 is 0 Å². The molecule has 152 valence electrons. The van der Waals surface area contributed by atoms with E-state index in [-0.39, 0.29) is 23.3 Å². The molecule has 0 aromatic heterocycles. The van der Waals surface area contributed by atoms with E-state index in [4.69, 9.17) is 9.94 Å². The van der Waals surface area contributed by atoms with Gasteiger partial charge in [0.2, 0.25) is 0 Å². The smallest absolute Gasteiger partial charge is 0.414 e. The number of imide groups is 1. The lowest BCUT2D eigenvalue weighted by Crippen LogP contribution is -2.32. The number of ether oxygens (including phenoxy) is 1. The highest BCUT2D eigenvalue weighted by Crippen LogP contribution is 2.38. The maximum absolute atomic E-state index is 12.2.